The highest BCUT2D eigenvalue weighted by Crippen LogP contribution is 2.66. The molecule has 2 heteroatoms. The fraction of sp³-hybridized carbons (Fsp3) is 0.950. The monoisotopic (exact) mass is 304 g/mol. The van der Waals surface area contributed by atoms with Gasteiger partial charge in [-0.2, -0.15) is 0 Å². The van der Waals surface area contributed by atoms with E-state index in [2.05, 4.69) is 20.8 Å². The van der Waals surface area contributed by atoms with Gasteiger partial charge in [0.2, 0.25) is 0 Å². The minimum absolute atomic E-state index is 0.0159. The van der Waals surface area contributed by atoms with Gasteiger partial charge in [0.25, 0.3) is 0 Å². The molecule has 0 saturated heterocycles. The SMILES string of the molecule is C[C@@H]1C[C@]2(C)C(=O)CC[C@H]2[C@@H]2CC[C@H]3C[C@@H](O)CC[C@]3(C)[C@H]21. The highest BCUT2D eigenvalue weighted by molar-refractivity contribution is 5.87. The Hall–Kier alpha value is -0.370. The molecule has 4 saturated carbocycles. The van der Waals surface area contributed by atoms with Crippen molar-refractivity contribution in [3.05, 3.63) is 0 Å². The Balaban J connectivity index is 1.69. The predicted octanol–water partition coefficient (Wildman–Crippen LogP) is 4.21. The van der Waals surface area contributed by atoms with Crippen LogP contribution in [0.15, 0.2) is 0 Å². The molecular weight excluding hydrogens is 272 g/mol. The molecule has 1 N–H and O–H groups in total. The van der Waals surface area contributed by atoms with Crippen LogP contribution in [0.5, 0.6) is 0 Å². The summed E-state index contributed by atoms with van der Waals surface area (Å²) in [5.41, 5.74) is 0.395. The van der Waals surface area contributed by atoms with Crippen LogP contribution in [0.25, 0.3) is 0 Å². The van der Waals surface area contributed by atoms with E-state index in [-0.39, 0.29) is 11.5 Å². The molecule has 0 heterocycles. The van der Waals surface area contributed by atoms with Crippen LogP contribution in [-0.4, -0.2) is 17.0 Å². The van der Waals surface area contributed by atoms with Crippen molar-refractivity contribution in [2.75, 3.05) is 0 Å². The number of carbonyl (C=O) groups is 1. The molecule has 0 aromatic heterocycles. The second kappa shape index (κ2) is 4.82. The molecule has 0 aromatic carbocycles. The number of carbonyl (C=O) groups excluding carboxylic acids is 1. The lowest BCUT2D eigenvalue weighted by Gasteiger charge is -2.62. The second-order valence-electron chi connectivity index (χ2n) is 9.57. The number of ketones is 1. The predicted molar refractivity (Wildman–Crippen MR) is 87.3 cm³/mol. The number of hydrogen-bond donors (Lipinski definition) is 1. The summed E-state index contributed by atoms with van der Waals surface area (Å²) in [5, 5.41) is 10.1. The highest BCUT2D eigenvalue weighted by atomic mass is 16.3. The summed E-state index contributed by atoms with van der Waals surface area (Å²) in [6.45, 7) is 7.22. The maximum Gasteiger partial charge on any atom is 0.139 e. The van der Waals surface area contributed by atoms with Crippen molar-refractivity contribution in [3.8, 4) is 0 Å². The van der Waals surface area contributed by atoms with Crippen LogP contribution in [0.3, 0.4) is 0 Å². The van der Waals surface area contributed by atoms with E-state index in [1.807, 2.05) is 0 Å². The molecule has 2 nitrogen and oxygen atoms in total. The summed E-state index contributed by atoms with van der Waals surface area (Å²) >= 11 is 0. The molecule has 4 aliphatic carbocycles. The molecule has 0 bridgehead atoms. The van der Waals surface area contributed by atoms with Gasteiger partial charge in [0.05, 0.1) is 6.10 Å². The first-order valence-corrected chi connectivity index (χ1v) is 9.57. The van der Waals surface area contributed by atoms with Crippen LogP contribution in [0.4, 0.5) is 0 Å². The van der Waals surface area contributed by atoms with Crippen molar-refractivity contribution in [3.63, 3.8) is 0 Å². The summed E-state index contributed by atoms with van der Waals surface area (Å²) in [7, 11) is 0. The zero-order valence-electron chi connectivity index (χ0n) is 14.5. The molecule has 8 atom stereocenters. The van der Waals surface area contributed by atoms with Gasteiger partial charge in [-0.05, 0) is 80.0 Å². The molecule has 0 aliphatic heterocycles. The average Bonchev–Trinajstić information content (AvgIpc) is 2.75. The summed E-state index contributed by atoms with van der Waals surface area (Å²) < 4.78 is 0. The van der Waals surface area contributed by atoms with Crippen molar-refractivity contribution in [2.24, 2.45) is 40.4 Å². The normalized spacial score (nSPS) is 57.9. The number of fused-ring (bicyclic) bond motifs is 5. The summed E-state index contributed by atoms with van der Waals surface area (Å²) in [4.78, 5) is 12.5. The third-order valence-corrected chi connectivity index (χ3v) is 8.59. The van der Waals surface area contributed by atoms with Gasteiger partial charge in [-0.1, -0.05) is 20.8 Å². The van der Waals surface area contributed by atoms with E-state index >= 15 is 0 Å². The summed E-state index contributed by atoms with van der Waals surface area (Å²) in [6, 6.07) is 0. The molecular formula is C20H32O2. The number of aliphatic hydroxyl groups excluding tert-OH is 1. The minimum atomic E-state index is -0.0631. The molecule has 4 rings (SSSR count). The van der Waals surface area contributed by atoms with Gasteiger partial charge in [-0.3, -0.25) is 4.79 Å². The molecule has 0 unspecified atom stereocenters. The molecule has 124 valence electrons. The zero-order valence-corrected chi connectivity index (χ0v) is 14.5. The average molecular weight is 304 g/mol. The first kappa shape index (κ1) is 15.2. The fourth-order valence-corrected chi connectivity index (χ4v) is 7.71. The van der Waals surface area contributed by atoms with Crippen molar-refractivity contribution in [2.45, 2.75) is 78.2 Å². The van der Waals surface area contributed by atoms with Crippen LogP contribution >= 0.6 is 0 Å². The lowest BCUT2D eigenvalue weighted by Crippen LogP contribution is -2.56. The Morgan fingerprint density at radius 3 is 2.68 bits per heavy atom. The molecule has 4 aliphatic rings. The van der Waals surface area contributed by atoms with Crippen LogP contribution < -0.4 is 0 Å². The van der Waals surface area contributed by atoms with Gasteiger partial charge in [0.1, 0.15) is 5.78 Å². The van der Waals surface area contributed by atoms with E-state index in [1.54, 1.807) is 0 Å². The van der Waals surface area contributed by atoms with Gasteiger partial charge in [-0.25, -0.2) is 0 Å². The van der Waals surface area contributed by atoms with Crippen LogP contribution in [0.2, 0.25) is 0 Å². The quantitative estimate of drug-likeness (QED) is 0.728. The van der Waals surface area contributed by atoms with E-state index < -0.39 is 0 Å². The Morgan fingerprint density at radius 1 is 1.14 bits per heavy atom. The van der Waals surface area contributed by atoms with Crippen LogP contribution in [0.1, 0.15) is 72.1 Å². The summed E-state index contributed by atoms with van der Waals surface area (Å²) in [5.74, 6) is 4.11. The standard InChI is InChI=1S/C20H32O2/c1-12-11-20(3)16(6-7-17(20)22)15-5-4-13-10-14(21)8-9-19(13,2)18(12)15/h12-16,18,21H,4-11H2,1-3H3/t12-,13+,14+,15+,16+,18+,19+,20+/m1/s1. The maximum absolute atomic E-state index is 12.5. The Morgan fingerprint density at radius 2 is 1.91 bits per heavy atom. The fourth-order valence-electron chi connectivity index (χ4n) is 7.71. The van der Waals surface area contributed by atoms with E-state index in [9.17, 15) is 9.90 Å². The third-order valence-electron chi connectivity index (χ3n) is 8.59. The van der Waals surface area contributed by atoms with Gasteiger partial charge in [-0.15, -0.1) is 0 Å². The number of rotatable bonds is 0. The zero-order chi connectivity index (χ0) is 15.7. The molecule has 0 spiro atoms. The number of hydrogen-bond acceptors (Lipinski definition) is 2. The lowest BCUT2D eigenvalue weighted by atomic mass is 9.43. The Kier molecular flexibility index (Phi) is 3.32. The molecule has 4 fully saturated rings. The van der Waals surface area contributed by atoms with Crippen molar-refractivity contribution in [1.82, 2.24) is 0 Å². The van der Waals surface area contributed by atoms with Gasteiger partial charge in [0.15, 0.2) is 0 Å². The number of aliphatic hydroxyl groups is 1. The first-order chi connectivity index (χ1) is 10.4. The van der Waals surface area contributed by atoms with Gasteiger partial charge >= 0.3 is 0 Å². The third kappa shape index (κ3) is 1.85. The van der Waals surface area contributed by atoms with E-state index in [1.165, 1.54) is 19.3 Å². The van der Waals surface area contributed by atoms with E-state index in [0.717, 1.165) is 43.9 Å². The van der Waals surface area contributed by atoms with Gasteiger partial charge < -0.3 is 5.11 Å². The number of Topliss-reactive ketones (excluding diaryl/α,β-unsaturated/α-hetero) is 1. The Labute approximate surface area is 135 Å². The summed E-state index contributed by atoms with van der Waals surface area (Å²) in [6.07, 6.45) is 8.81. The van der Waals surface area contributed by atoms with E-state index in [4.69, 9.17) is 0 Å². The largest absolute Gasteiger partial charge is 0.393 e. The van der Waals surface area contributed by atoms with Crippen molar-refractivity contribution >= 4 is 5.78 Å². The van der Waals surface area contributed by atoms with Crippen LogP contribution in [-0.2, 0) is 4.79 Å². The lowest BCUT2D eigenvalue weighted by molar-refractivity contribution is -0.155. The van der Waals surface area contributed by atoms with E-state index in [0.29, 0.717) is 29.0 Å². The molecule has 0 radical (unpaired) electrons. The smallest absolute Gasteiger partial charge is 0.139 e. The Bertz CT molecular complexity index is 486. The maximum atomic E-state index is 12.5. The van der Waals surface area contributed by atoms with Crippen molar-refractivity contribution < 1.29 is 9.90 Å². The van der Waals surface area contributed by atoms with Crippen LogP contribution in [0, 0.1) is 40.4 Å². The highest BCUT2D eigenvalue weighted by Gasteiger charge is 2.62. The second-order valence-corrected chi connectivity index (χ2v) is 9.57. The van der Waals surface area contributed by atoms with Crippen molar-refractivity contribution in [1.29, 1.82) is 0 Å². The molecule has 22 heavy (non-hydrogen) atoms. The molecule has 0 aromatic rings. The first-order valence-electron chi connectivity index (χ1n) is 9.57. The van der Waals surface area contributed by atoms with Gasteiger partial charge in [0, 0.05) is 11.8 Å². The molecule has 0 amide bonds. The minimum Gasteiger partial charge on any atom is -0.393 e. The topological polar surface area (TPSA) is 37.3 Å².